The van der Waals surface area contributed by atoms with Crippen LogP contribution in [0.5, 0.6) is 0 Å². The number of carboxylic acids is 1. The van der Waals surface area contributed by atoms with Gasteiger partial charge in [0.25, 0.3) is 0 Å². The zero-order valence-electron chi connectivity index (χ0n) is 18.9. The van der Waals surface area contributed by atoms with E-state index in [9.17, 15) is 19.8 Å². The van der Waals surface area contributed by atoms with Crippen molar-refractivity contribution in [3.63, 3.8) is 0 Å². The number of benzene rings is 1. The first-order valence-corrected chi connectivity index (χ1v) is 11.9. The van der Waals surface area contributed by atoms with Gasteiger partial charge in [-0.2, -0.15) is 0 Å². The largest absolute Gasteiger partial charge is 0.477 e. The van der Waals surface area contributed by atoms with Crippen LogP contribution in [0.15, 0.2) is 28.3 Å². The minimum atomic E-state index is -1.33. The molecule has 1 fully saturated rings. The number of aromatic nitrogens is 5. The van der Waals surface area contributed by atoms with Crippen molar-refractivity contribution in [3.8, 4) is 0 Å². The van der Waals surface area contributed by atoms with Crippen molar-refractivity contribution in [2.75, 3.05) is 43.4 Å². The highest BCUT2D eigenvalue weighted by molar-refractivity contribution is 7.99. The van der Waals surface area contributed by atoms with Gasteiger partial charge < -0.3 is 19.7 Å². The third-order valence-electron chi connectivity index (χ3n) is 5.89. The molecule has 1 aromatic carbocycles. The van der Waals surface area contributed by atoms with Crippen LogP contribution in [0.25, 0.3) is 10.9 Å². The molecule has 1 atom stereocenters. The standard InChI is InChI=1S/C21H26FN7O4S/c1-3-28-11-15(20(32)33)19(31)14-8-16(22)18(9-17(14)28)29-6-4-27(5-7-29)10-13(30)12-34-21-23-24-25-26(21)2/h8-9,11,13,30H,3-7,10,12H2,1-2H3,(H,32,33). The minimum Gasteiger partial charge on any atom is -0.477 e. The summed E-state index contributed by atoms with van der Waals surface area (Å²) in [5.41, 5.74) is -0.182. The Hall–Kier alpha value is -3.03. The van der Waals surface area contributed by atoms with Gasteiger partial charge >= 0.3 is 5.97 Å². The van der Waals surface area contributed by atoms with Crippen molar-refractivity contribution in [2.24, 2.45) is 7.05 Å². The highest BCUT2D eigenvalue weighted by Crippen LogP contribution is 2.26. The molecule has 1 aliphatic heterocycles. The molecule has 1 aliphatic rings. The number of fused-ring (bicyclic) bond motifs is 1. The minimum absolute atomic E-state index is 0.0559. The number of aromatic carboxylic acids is 1. The van der Waals surface area contributed by atoms with E-state index < -0.39 is 23.3 Å². The lowest BCUT2D eigenvalue weighted by atomic mass is 10.1. The molecule has 34 heavy (non-hydrogen) atoms. The first-order chi connectivity index (χ1) is 16.3. The van der Waals surface area contributed by atoms with Gasteiger partial charge in [-0.3, -0.25) is 9.69 Å². The summed E-state index contributed by atoms with van der Waals surface area (Å²) in [6, 6.07) is 2.76. The number of carbonyl (C=O) groups is 1. The van der Waals surface area contributed by atoms with E-state index in [1.54, 1.807) is 22.4 Å². The Morgan fingerprint density at radius 2 is 2.00 bits per heavy atom. The van der Waals surface area contributed by atoms with Crippen LogP contribution < -0.4 is 10.3 Å². The van der Waals surface area contributed by atoms with Crippen molar-refractivity contribution in [1.29, 1.82) is 0 Å². The van der Waals surface area contributed by atoms with Crippen LogP contribution in [0.4, 0.5) is 10.1 Å². The summed E-state index contributed by atoms with van der Waals surface area (Å²) in [7, 11) is 1.74. The number of pyridine rings is 1. The van der Waals surface area contributed by atoms with Crippen molar-refractivity contribution in [1.82, 2.24) is 29.7 Å². The number of halogens is 1. The molecule has 4 rings (SSSR count). The third kappa shape index (κ3) is 4.91. The van der Waals surface area contributed by atoms with E-state index in [2.05, 4.69) is 20.4 Å². The molecule has 11 nitrogen and oxygen atoms in total. The number of anilines is 1. The summed E-state index contributed by atoms with van der Waals surface area (Å²) >= 11 is 1.38. The highest BCUT2D eigenvalue weighted by Gasteiger charge is 2.24. The molecule has 0 radical (unpaired) electrons. The molecule has 1 unspecified atom stereocenters. The van der Waals surface area contributed by atoms with Crippen LogP contribution in [0.2, 0.25) is 0 Å². The molecule has 0 saturated carbocycles. The average molecular weight is 492 g/mol. The lowest BCUT2D eigenvalue weighted by molar-refractivity contribution is 0.0694. The van der Waals surface area contributed by atoms with Crippen LogP contribution in [0.3, 0.4) is 0 Å². The number of hydrogen-bond acceptors (Lipinski definition) is 9. The number of carboxylic acid groups (broad SMARTS) is 1. The molecular formula is C21H26FN7O4S. The topological polar surface area (TPSA) is 130 Å². The molecule has 3 heterocycles. The molecule has 0 bridgehead atoms. The maximum Gasteiger partial charge on any atom is 0.341 e. The summed E-state index contributed by atoms with van der Waals surface area (Å²) in [6.45, 7) is 5.16. The van der Waals surface area contributed by atoms with Gasteiger partial charge in [-0.05, 0) is 29.5 Å². The molecule has 0 aliphatic carbocycles. The summed E-state index contributed by atoms with van der Waals surface area (Å²) < 4.78 is 18.2. The van der Waals surface area contributed by atoms with Gasteiger partial charge in [0.1, 0.15) is 11.4 Å². The van der Waals surface area contributed by atoms with E-state index >= 15 is 4.39 Å². The summed E-state index contributed by atoms with van der Waals surface area (Å²) in [6.07, 6.45) is 0.747. The lowest BCUT2D eigenvalue weighted by Gasteiger charge is -2.37. The van der Waals surface area contributed by atoms with Crippen LogP contribution in [0, 0.1) is 5.82 Å². The zero-order chi connectivity index (χ0) is 24.4. The Balaban J connectivity index is 1.44. The molecular weight excluding hydrogens is 465 g/mol. The predicted molar refractivity (Wildman–Crippen MR) is 125 cm³/mol. The fraction of sp³-hybridized carbons (Fsp3) is 0.476. The molecule has 2 N–H and O–H groups in total. The van der Waals surface area contributed by atoms with E-state index in [1.807, 2.05) is 11.8 Å². The number of hydrogen-bond donors (Lipinski definition) is 2. The van der Waals surface area contributed by atoms with Gasteiger partial charge in [0.05, 0.1) is 17.3 Å². The first-order valence-electron chi connectivity index (χ1n) is 10.9. The van der Waals surface area contributed by atoms with Gasteiger partial charge in [-0.1, -0.05) is 11.8 Å². The summed E-state index contributed by atoms with van der Waals surface area (Å²) in [5.74, 6) is -1.43. The van der Waals surface area contributed by atoms with Gasteiger partial charge in [0.2, 0.25) is 10.6 Å². The SMILES string of the molecule is CCn1cc(C(=O)O)c(=O)c2cc(F)c(N3CCN(CC(O)CSc4nnnn4C)CC3)cc21. The fourth-order valence-corrected chi connectivity index (χ4v) is 4.86. The number of aliphatic hydroxyl groups is 1. The quantitative estimate of drug-likeness (QED) is 0.434. The highest BCUT2D eigenvalue weighted by atomic mass is 32.2. The Morgan fingerprint density at radius 1 is 1.26 bits per heavy atom. The Labute approximate surface area is 198 Å². The van der Waals surface area contributed by atoms with E-state index in [0.717, 1.165) is 6.07 Å². The van der Waals surface area contributed by atoms with E-state index in [1.165, 1.54) is 18.0 Å². The third-order valence-corrected chi connectivity index (χ3v) is 7.04. The van der Waals surface area contributed by atoms with E-state index in [0.29, 0.717) is 61.4 Å². The van der Waals surface area contributed by atoms with Crippen molar-refractivity contribution in [2.45, 2.75) is 24.7 Å². The normalized spacial score (nSPS) is 15.7. The van der Waals surface area contributed by atoms with Crippen LogP contribution in [-0.4, -0.2) is 90.4 Å². The second kappa shape index (κ2) is 10.1. The van der Waals surface area contributed by atoms with Crippen LogP contribution in [0.1, 0.15) is 17.3 Å². The smallest absolute Gasteiger partial charge is 0.341 e. The Bertz CT molecular complexity index is 1260. The fourth-order valence-electron chi connectivity index (χ4n) is 4.09. The number of rotatable bonds is 8. The first kappa shape index (κ1) is 24.1. The number of thioether (sulfide) groups is 1. The maximum atomic E-state index is 15.0. The lowest BCUT2D eigenvalue weighted by Crippen LogP contribution is -2.49. The molecule has 13 heteroatoms. The van der Waals surface area contributed by atoms with E-state index in [4.69, 9.17) is 0 Å². The molecule has 0 amide bonds. The number of tetrazole rings is 1. The zero-order valence-corrected chi connectivity index (χ0v) is 19.7. The number of aliphatic hydroxyl groups excluding tert-OH is 1. The molecule has 2 aromatic heterocycles. The maximum absolute atomic E-state index is 15.0. The van der Waals surface area contributed by atoms with E-state index in [-0.39, 0.29) is 10.9 Å². The Kier molecular flexibility index (Phi) is 7.14. The molecule has 182 valence electrons. The second-order valence-electron chi connectivity index (χ2n) is 8.12. The number of β-amino-alcohol motifs (C(OH)–C–C–N with tert-alkyl or cyclic N) is 1. The van der Waals surface area contributed by atoms with Gasteiger partial charge in [0.15, 0.2) is 0 Å². The van der Waals surface area contributed by atoms with Crippen molar-refractivity contribution in [3.05, 3.63) is 39.9 Å². The number of aryl methyl sites for hydroxylation is 2. The molecule has 3 aromatic rings. The second-order valence-corrected chi connectivity index (χ2v) is 9.11. The average Bonchev–Trinajstić information content (AvgIpc) is 3.23. The van der Waals surface area contributed by atoms with Crippen LogP contribution in [-0.2, 0) is 13.6 Å². The van der Waals surface area contributed by atoms with Crippen molar-refractivity contribution >= 4 is 34.3 Å². The molecule has 0 spiro atoms. The number of nitrogens with zero attached hydrogens (tertiary/aromatic N) is 7. The summed E-state index contributed by atoms with van der Waals surface area (Å²) in [5, 5.41) is 31.6. The van der Waals surface area contributed by atoms with Gasteiger partial charge in [-0.25, -0.2) is 13.9 Å². The van der Waals surface area contributed by atoms with Crippen LogP contribution >= 0.6 is 11.8 Å². The Morgan fingerprint density at radius 3 is 2.62 bits per heavy atom. The molecule has 1 saturated heterocycles. The van der Waals surface area contributed by atoms with Crippen molar-refractivity contribution < 1.29 is 19.4 Å². The summed E-state index contributed by atoms with van der Waals surface area (Å²) in [4.78, 5) is 28.0. The monoisotopic (exact) mass is 491 g/mol. The van der Waals surface area contributed by atoms with Gasteiger partial charge in [0, 0.05) is 63.7 Å². The number of piperazine rings is 1. The van der Waals surface area contributed by atoms with Gasteiger partial charge in [-0.15, -0.1) is 5.10 Å². The predicted octanol–water partition coefficient (Wildman–Crippen LogP) is 0.657.